The van der Waals surface area contributed by atoms with E-state index in [0.717, 1.165) is 57.8 Å². The van der Waals surface area contributed by atoms with Crippen molar-refractivity contribution < 1.29 is 14.6 Å². The molecule has 7 nitrogen and oxygen atoms in total. The molecule has 2 aromatic heterocycles. The van der Waals surface area contributed by atoms with Crippen LogP contribution in [-0.4, -0.2) is 65.6 Å². The van der Waals surface area contributed by atoms with E-state index in [1.165, 1.54) is 12.7 Å². The lowest BCUT2D eigenvalue weighted by Crippen LogP contribution is -2.53. The predicted molar refractivity (Wildman–Crippen MR) is 107 cm³/mol. The van der Waals surface area contributed by atoms with E-state index in [0.29, 0.717) is 0 Å². The Labute approximate surface area is 168 Å². The summed E-state index contributed by atoms with van der Waals surface area (Å²) in [5.41, 5.74) is 1.70. The fraction of sp³-hybridized carbons (Fsp3) is 0.550. The third kappa shape index (κ3) is 4.19. The third-order valence-electron chi connectivity index (χ3n) is 5.88. The number of aliphatic hydroxyl groups is 1. The van der Waals surface area contributed by atoms with Gasteiger partial charge in [-0.15, -0.1) is 10.2 Å². The van der Waals surface area contributed by atoms with E-state index in [1.54, 1.807) is 17.4 Å². The maximum absolute atomic E-state index is 11.5. The van der Waals surface area contributed by atoms with E-state index in [9.17, 15) is 9.90 Å². The molecule has 150 valence electrons. The van der Waals surface area contributed by atoms with Crippen molar-refractivity contribution in [1.29, 1.82) is 0 Å². The first-order chi connectivity index (χ1) is 13.6. The molecule has 28 heavy (non-hydrogen) atoms. The molecule has 0 radical (unpaired) electrons. The summed E-state index contributed by atoms with van der Waals surface area (Å²) in [6, 6.07) is 5.65. The number of rotatable bonds is 4. The Morgan fingerprint density at radius 3 is 2.79 bits per heavy atom. The molecule has 1 N–H and O–H groups in total. The predicted octanol–water partition coefficient (Wildman–Crippen LogP) is 2.18. The van der Waals surface area contributed by atoms with Crippen LogP contribution in [0.2, 0.25) is 0 Å². The molecule has 0 amide bonds. The van der Waals surface area contributed by atoms with Crippen LogP contribution in [0.3, 0.4) is 0 Å². The van der Waals surface area contributed by atoms with E-state index in [4.69, 9.17) is 0 Å². The molecule has 0 bridgehead atoms. The number of piperidine rings is 2. The number of hydrogen-bond acceptors (Lipinski definition) is 8. The molecule has 0 saturated carbocycles. The Balaban J connectivity index is 1.38. The van der Waals surface area contributed by atoms with Gasteiger partial charge in [-0.05, 0) is 59.2 Å². The Morgan fingerprint density at radius 2 is 2.14 bits per heavy atom. The third-order valence-corrected chi connectivity index (χ3v) is 6.61. The molecule has 0 aromatic carbocycles. The highest BCUT2D eigenvalue weighted by Gasteiger charge is 2.41. The largest absolute Gasteiger partial charge is 0.464 e. The van der Waals surface area contributed by atoms with Crippen molar-refractivity contribution in [3.8, 4) is 0 Å². The fourth-order valence-electron chi connectivity index (χ4n) is 4.51. The minimum absolute atomic E-state index is 0.156. The van der Waals surface area contributed by atoms with Crippen LogP contribution in [0.4, 0.5) is 5.82 Å². The average Bonchev–Trinajstić information content (AvgIpc) is 3.20. The Morgan fingerprint density at radius 1 is 1.32 bits per heavy atom. The lowest BCUT2D eigenvalue weighted by atomic mass is 9.71. The maximum Gasteiger partial charge on any atom is 0.358 e. The Bertz CT molecular complexity index is 788. The lowest BCUT2D eigenvalue weighted by Gasteiger charge is -2.49. The van der Waals surface area contributed by atoms with E-state index < -0.39 is 5.97 Å². The van der Waals surface area contributed by atoms with Crippen molar-refractivity contribution in [1.82, 2.24) is 15.1 Å². The summed E-state index contributed by atoms with van der Waals surface area (Å²) in [7, 11) is 1.34. The molecule has 2 aliphatic heterocycles. The summed E-state index contributed by atoms with van der Waals surface area (Å²) in [4.78, 5) is 16.1. The summed E-state index contributed by atoms with van der Waals surface area (Å²) in [5.74, 6) is 0.313. The van der Waals surface area contributed by atoms with Crippen LogP contribution in [0, 0.1) is 5.41 Å². The second kappa shape index (κ2) is 8.14. The number of carbonyl (C=O) groups is 1. The Hall–Kier alpha value is -2.03. The van der Waals surface area contributed by atoms with Crippen molar-refractivity contribution >= 4 is 23.1 Å². The molecule has 0 aliphatic carbocycles. The summed E-state index contributed by atoms with van der Waals surface area (Å²) >= 11 is 1.72. The van der Waals surface area contributed by atoms with Gasteiger partial charge in [0.1, 0.15) is 0 Å². The number of ether oxygens (including phenoxy) is 1. The van der Waals surface area contributed by atoms with E-state index in [2.05, 4.69) is 41.6 Å². The molecule has 1 atom stereocenters. The quantitative estimate of drug-likeness (QED) is 0.785. The number of likely N-dealkylation sites (tertiary alicyclic amines) is 1. The van der Waals surface area contributed by atoms with Gasteiger partial charge >= 0.3 is 5.97 Å². The summed E-state index contributed by atoms with van der Waals surface area (Å²) in [6.45, 7) is 4.45. The number of methoxy groups -OCH3 is 1. The summed E-state index contributed by atoms with van der Waals surface area (Å²) in [5, 5.41) is 23.0. The first kappa shape index (κ1) is 19.3. The second-order valence-corrected chi connectivity index (χ2v) is 8.69. The molecule has 8 heteroatoms. The highest BCUT2D eigenvalue weighted by Crippen LogP contribution is 2.41. The smallest absolute Gasteiger partial charge is 0.358 e. The Kier molecular flexibility index (Phi) is 5.61. The number of β-amino-alcohol motifs (C(OH)–C–C–N with tert-alkyl or cyclic N) is 1. The van der Waals surface area contributed by atoms with Gasteiger partial charge in [-0.25, -0.2) is 4.79 Å². The van der Waals surface area contributed by atoms with Gasteiger partial charge in [0, 0.05) is 32.7 Å². The second-order valence-electron chi connectivity index (χ2n) is 7.91. The monoisotopic (exact) mass is 402 g/mol. The van der Waals surface area contributed by atoms with Crippen LogP contribution in [0.5, 0.6) is 0 Å². The van der Waals surface area contributed by atoms with E-state index in [1.807, 2.05) is 6.07 Å². The normalized spacial score (nSPS) is 22.4. The van der Waals surface area contributed by atoms with Gasteiger partial charge in [0.15, 0.2) is 11.5 Å². The van der Waals surface area contributed by atoms with Crippen molar-refractivity contribution in [3.05, 3.63) is 40.2 Å². The van der Waals surface area contributed by atoms with Crippen LogP contribution < -0.4 is 4.90 Å². The highest BCUT2D eigenvalue weighted by atomic mass is 32.1. The van der Waals surface area contributed by atoms with E-state index >= 15 is 0 Å². The zero-order valence-electron chi connectivity index (χ0n) is 16.1. The van der Waals surface area contributed by atoms with Crippen molar-refractivity contribution in [2.75, 3.05) is 38.2 Å². The van der Waals surface area contributed by atoms with E-state index in [-0.39, 0.29) is 17.2 Å². The molecular weight excluding hydrogens is 376 g/mol. The lowest BCUT2D eigenvalue weighted by molar-refractivity contribution is -0.0251. The summed E-state index contributed by atoms with van der Waals surface area (Å²) < 4.78 is 4.67. The SMILES string of the molecule is COC(=O)c1ccc(N2CCC3(CC2)CC(O)CN(Cc2ccsc2)C3)nn1. The van der Waals surface area contributed by atoms with Crippen molar-refractivity contribution in [2.24, 2.45) is 5.41 Å². The molecular formula is C20H26N4O3S. The summed E-state index contributed by atoms with van der Waals surface area (Å²) in [6.07, 6.45) is 2.64. The molecule has 2 fully saturated rings. The van der Waals surface area contributed by atoms with Gasteiger partial charge in [-0.2, -0.15) is 11.3 Å². The van der Waals surface area contributed by atoms with Crippen LogP contribution in [0.1, 0.15) is 35.3 Å². The van der Waals surface area contributed by atoms with Crippen LogP contribution in [0.15, 0.2) is 29.0 Å². The number of aliphatic hydroxyl groups excluding tert-OH is 1. The van der Waals surface area contributed by atoms with Gasteiger partial charge in [0.25, 0.3) is 0 Å². The van der Waals surface area contributed by atoms with Gasteiger partial charge in [0.05, 0.1) is 13.2 Å². The number of aromatic nitrogens is 2. The first-order valence-electron chi connectivity index (χ1n) is 9.65. The number of carbonyl (C=O) groups excluding carboxylic acids is 1. The van der Waals surface area contributed by atoms with Gasteiger partial charge < -0.3 is 14.7 Å². The van der Waals surface area contributed by atoms with Gasteiger partial charge in [-0.3, -0.25) is 4.90 Å². The molecule has 4 heterocycles. The molecule has 1 spiro atoms. The molecule has 2 saturated heterocycles. The van der Waals surface area contributed by atoms with Crippen LogP contribution in [0.25, 0.3) is 0 Å². The standard InChI is InChI=1S/C20H26N4O3S/c1-27-19(26)17-2-3-18(22-21-17)24-7-5-20(6-8-24)10-16(25)12-23(14-20)11-15-4-9-28-13-15/h2-4,9,13,16,25H,5-8,10-12,14H2,1H3. The minimum Gasteiger partial charge on any atom is -0.464 e. The number of nitrogens with zero attached hydrogens (tertiary/aromatic N) is 4. The first-order valence-corrected chi connectivity index (χ1v) is 10.6. The molecule has 1 unspecified atom stereocenters. The molecule has 2 aromatic rings. The van der Waals surface area contributed by atoms with Crippen LogP contribution in [-0.2, 0) is 11.3 Å². The topological polar surface area (TPSA) is 78.8 Å². The highest BCUT2D eigenvalue weighted by molar-refractivity contribution is 7.07. The maximum atomic E-state index is 11.5. The minimum atomic E-state index is -0.474. The zero-order chi connectivity index (χ0) is 19.6. The van der Waals surface area contributed by atoms with Gasteiger partial charge in [-0.1, -0.05) is 0 Å². The van der Waals surface area contributed by atoms with Crippen LogP contribution >= 0.6 is 11.3 Å². The number of hydrogen-bond donors (Lipinski definition) is 1. The fourth-order valence-corrected chi connectivity index (χ4v) is 5.17. The molecule has 4 rings (SSSR count). The zero-order valence-corrected chi connectivity index (χ0v) is 16.9. The van der Waals surface area contributed by atoms with Crippen molar-refractivity contribution in [3.63, 3.8) is 0 Å². The molecule has 2 aliphatic rings. The number of anilines is 1. The number of thiophene rings is 1. The van der Waals surface area contributed by atoms with Gasteiger partial charge in [0.2, 0.25) is 0 Å². The van der Waals surface area contributed by atoms with Crippen molar-refractivity contribution in [2.45, 2.75) is 31.9 Å². The number of esters is 1. The average molecular weight is 403 g/mol.